The van der Waals surface area contributed by atoms with Crippen LogP contribution in [0.4, 0.5) is 0 Å². The van der Waals surface area contributed by atoms with E-state index < -0.39 is 0 Å². The minimum Gasteiger partial charge on any atom is -0.492 e. The fraction of sp³-hybridized carbons (Fsp3) is 0.625. The molecular formula is C16H22BrNO. The molecule has 0 atom stereocenters. The second-order valence-electron chi connectivity index (χ2n) is 6.22. The summed E-state index contributed by atoms with van der Waals surface area (Å²) in [5.74, 6) is 1.82. The maximum Gasteiger partial charge on any atom is 0.137 e. The normalized spacial score (nSPS) is 21.0. The summed E-state index contributed by atoms with van der Waals surface area (Å²) in [6, 6.07) is 4.42. The topological polar surface area (TPSA) is 35.2 Å². The highest BCUT2D eigenvalue weighted by atomic mass is 79.9. The molecule has 2 nitrogen and oxygen atoms in total. The fourth-order valence-electron chi connectivity index (χ4n) is 2.94. The molecule has 0 aromatic heterocycles. The Labute approximate surface area is 123 Å². The molecule has 0 aliphatic heterocycles. The summed E-state index contributed by atoms with van der Waals surface area (Å²) in [6.45, 7) is 3.72. The molecule has 2 aliphatic carbocycles. The van der Waals surface area contributed by atoms with Crippen LogP contribution in [0.3, 0.4) is 0 Å². The van der Waals surface area contributed by atoms with E-state index in [0.29, 0.717) is 0 Å². The quantitative estimate of drug-likeness (QED) is 0.891. The van der Waals surface area contributed by atoms with E-state index in [1.807, 2.05) is 0 Å². The van der Waals surface area contributed by atoms with Gasteiger partial charge in [-0.25, -0.2) is 0 Å². The zero-order chi connectivity index (χ0) is 13.5. The second-order valence-corrected chi connectivity index (χ2v) is 7.07. The molecule has 0 bridgehead atoms. The Bertz CT molecular complexity index is 472. The predicted octanol–water partition coefficient (Wildman–Crippen LogP) is 3.93. The number of ether oxygens (including phenoxy) is 1. The van der Waals surface area contributed by atoms with Gasteiger partial charge in [0.05, 0.1) is 11.1 Å². The smallest absolute Gasteiger partial charge is 0.137 e. The average molecular weight is 324 g/mol. The molecule has 3 heteroatoms. The van der Waals surface area contributed by atoms with Gasteiger partial charge in [-0.3, -0.25) is 0 Å². The van der Waals surface area contributed by atoms with Gasteiger partial charge in [0.2, 0.25) is 0 Å². The SMILES string of the molecule is Cc1cc(Br)c(OCC2CC2)c(C2(CN)CCC2)c1. The van der Waals surface area contributed by atoms with Crippen LogP contribution >= 0.6 is 15.9 Å². The van der Waals surface area contributed by atoms with Gasteiger partial charge in [0.15, 0.2) is 0 Å². The molecule has 104 valence electrons. The Balaban J connectivity index is 1.94. The van der Waals surface area contributed by atoms with Crippen LogP contribution < -0.4 is 10.5 Å². The molecule has 0 amide bonds. The number of nitrogens with two attached hydrogens (primary N) is 1. The summed E-state index contributed by atoms with van der Waals surface area (Å²) in [7, 11) is 0. The van der Waals surface area contributed by atoms with E-state index in [9.17, 15) is 0 Å². The van der Waals surface area contributed by atoms with Crippen LogP contribution in [-0.4, -0.2) is 13.2 Å². The van der Waals surface area contributed by atoms with Gasteiger partial charge in [-0.1, -0.05) is 12.5 Å². The zero-order valence-corrected chi connectivity index (χ0v) is 13.1. The van der Waals surface area contributed by atoms with Crippen molar-refractivity contribution in [3.63, 3.8) is 0 Å². The summed E-state index contributed by atoms with van der Waals surface area (Å²) < 4.78 is 7.21. The van der Waals surface area contributed by atoms with E-state index in [1.54, 1.807) is 0 Å². The van der Waals surface area contributed by atoms with Crippen molar-refractivity contribution in [1.29, 1.82) is 0 Å². The maximum atomic E-state index is 6.13. The Morgan fingerprint density at radius 3 is 2.63 bits per heavy atom. The van der Waals surface area contributed by atoms with Gasteiger partial charge in [-0.15, -0.1) is 0 Å². The third kappa shape index (κ3) is 2.55. The molecule has 1 aromatic rings. The number of hydrogen-bond donors (Lipinski definition) is 1. The van der Waals surface area contributed by atoms with Crippen molar-refractivity contribution < 1.29 is 4.74 Å². The van der Waals surface area contributed by atoms with E-state index >= 15 is 0 Å². The van der Waals surface area contributed by atoms with E-state index in [-0.39, 0.29) is 5.41 Å². The molecule has 2 fully saturated rings. The van der Waals surface area contributed by atoms with Gasteiger partial charge in [-0.2, -0.15) is 0 Å². The summed E-state index contributed by atoms with van der Waals surface area (Å²) in [5.41, 5.74) is 8.83. The molecule has 0 saturated heterocycles. The molecule has 0 unspecified atom stereocenters. The largest absolute Gasteiger partial charge is 0.492 e. The van der Waals surface area contributed by atoms with Gasteiger partial charge < -0.3 is 10.5 Å². The third-order valence-corrected chi connectivity index (χ3v) is 5.21. The average Bonchev–Trinajstić information content (AvgIpc) is 3.11. The summed E-state index contributed by atoms with van der Waals surface area (Å²) in [6.07, 6.45) is 6.31. The molecule has 2 N–H and O–H groups in total. The van der Waals surface area contributed by atoms with Crippen LogP contribution in [0.25, 0.3) is 0 Å². The van der Waals surface area contributed by atoms with Gasteiger partial charge in [0.25, 0.3) is 0 Å². The summed E-state index contributed by atoms with van der Waals surface area (Å²) in [4.78, 5) is 0. The highest BCUT2D eigenvalue weighted by molar-refractivity contribution is 9.10. The summed E-state index contributed by atoms with van der Waals surface area (Å²) >= 11 is 3.68. The van der Waals surface area contributed by atoms with Crippen LogP contribution in [0.5, 0.6) is 5.75 Å². The highest BCUT2D eigenvalue weighted by Crippen LogP contribution is 2.49. The van der Waals surface area contributed by atoms with Crippen LogP contribution in [0, 0.1) is 12.8 Å². The Morgan fingerprint density at radius 2 is 2.11 bits per heavy atom. The molecular weight excluding hydrogens is 302 g/mol. The van der Waals surface area contributed by atoms with Crippen molar-refractivity contribution in [3.8, 4) is 5.75 Å². The summed E-state index contributed by atoms with van der Waals surface area (Å²) in [5, 5.41) is 0. The van der Waals surface area contributed by atoms with Gasteiger partial charge >= 0.3 is 0 Å². The van der Waals surface area contributed by atoms with Gasteiger partial charge in [0.1, 0.15) is 5.75 Å². The number of halogens is 1. The van der Waals surface area contributed by atoms with Gasteiger partial charge in [0, 0.05) is 17.5 Å². The number of rotatable bonds is 5. The van der Waals surface area contributed by atoms with Crippen LogP contribution in [0.15, 0.2) is 16.6 Å². The first kappa shape index (κ1) is 13.4. The van der Waals surface area contributed by atoms with E-state index in [2.05, 4.69) is 35.0 Å². The lowest BCUT2D eigenvalue weighted by molar-refractivity contribution is 0.231. The van der Waals surface area contributed by atoms with Crippen LogP contribution in [0.2, 0.25) is 0 Å². The number of aryl methyl sites for hydroxylation is 1. The predicted molar refractivity (Wildman–Crippen MR) is 81.7 cm³/mol. The Morgan fingerprint density at radius 1 is 1.37 bits per heavy atom. The lowest BCUT2D eigenvalue weighted by Crippen LogP contribution is -2.42. The van der Waals surface area contributed by atoms with E-state index in [4.69, 9.17) is 10.5 Å². The molecule has 19 heavy (non-hydrogen) atoms. The van der Waals surface area contributed by atoms with E-state index in [1.165, 1.54) is 43.2 Å². The van der Waals surface area contributed by atoms with E-state index in [0.717, 1.165) is 29.3 Å². The first-order valence-electron chi connectivity index (χ1n) is 7.28. The van der Waals surface area contributed by atoms with Crippen molar-refractivity contribution in [3.05, 3.63) is 27.7 Å². The molecule has 0 heterocycles. The monoisotopic (exact) mass is 323 g/mol. The Hall–Kier alpha value is -0.540. The fourth-order valence-corrected chi connectivity index (χ4v) is 3.63. The lowest BCUT2D eigenvalue weighted by atomic mass is 9.64. The van der Waals surface area contributed by atoms with Crippen molar-refractivity contribution in [1.82, 2.24) is 0 Å². The first-order chi connectivity index (χ1) is 9.14. The number of benzene rings is 1. The minimum absolute atomic E-state index is 0.160. The van der Waals surface area contributed by atoms with Crippen molar-refractivity contribution >= 4 is 15.9 Å². The van der Waals surface area contributed by atoms with Crippen molar-refractivity contribution in [2.24, 2.45) is 11.7 Å². The zero-order valence-electron chi connectivity index (χ0n) is 11.5. The van der Waals surface area contributed by atoms with Crippen molar-refractivity contribution in [2.75, 3.05) is 13.2 Å². The molecule has 0 radical (unpaired) electrons. The number of hydrogen-bond acceptors (Lipinski definition) is 2. The van der Waals surface area contributed by atoms with Crippen LogP contribution in [-0.2, 0) is 5.41 Å². The maximum absolute atomic E-state index is 6.13. The standard InChI is InChI=1S/C16H22BrNO/c1-11-7-13(16(10-18)5-2-6-16)15(14(17)8-11)19-9-12-3-4-12/h7-8,12H,2-6,9-10,18H2,1H3. The molecule has 2 aliphatic rings. The highest BCUT2D eigenvalue weighted by Gasteiger charge is 2.40. The lowest BCUT2D eigenvalue weighted by Gasteiger charge is -2.42. The Kier molecular flexibility index (Phi) is 3.61. The second kappa shape index (κ2) is 5.10. The van der Waals surface area contributed by atoms with Crippen molar-refractivity contribution in [2.45, 2.75) is 44.4 Å². The first-order valence-corrected chi connectivity index (χ1v) is 8.07. The molecule has 1 aromatic carbocycles. The molecule has 0 spiro atoms. The third-order valence-electron chi connectivity index (χ3n) is 4.62. The molecule has 2 saturated carbocycles. The minimum atomic E-state index is 0.160. The van der Waals surface area contributed by atoms with Gasteiger partial charge in [-0.05, 0) is 66.1 Å². The van der Waals surface area contributed by atoms with Crippen LogP contribution in [0.1, 0.15) is 43.2 Å². The molecule has 3 rings (SSSR count).